The lowest BCUT2D eigenvalue weighted by molar-refractivity contribution is -0.121. The summed E-state index contributed by atoms with van der Waals surface area (Å²) in [5.41, 5.74) is 2.62. The first-order valence-corrected chi connectivity index (χ1v) is 7.81. The average molecular weight is 287 g/mol. The van der Waals surface area contributed by atoms with Crippen molar-refractivity contribution in [2.24, 2.45) is 5.92 Å². The van der Waals surface area contributed by atoms with Crippen LogP contribution in [-0.4, -0.2) is 23.7 Å². The minimum atomic E-state index is 0.103. The summed E-state index contributed by atoms with van der Waals surface area (Å²) in [7, 11) is 0. The molecule has 1 aliphatic rings. The number of rotatable bonds is 7. The highest BCUT2D eigenvalue weighted by molar-refractivity contribution is 5.76. The van der Waals surface area contributed by atoms with Crippen LogP contribution in [-0.2, 0) is 11.2 Å². The zero-order valence-corrected chi connectivity index (χ0v) is 12.7. The first kappa shape index (κ1) is 15.8. The number of aliphatic hydroxyl groups is 1. The summed E-state index contributed by atoms with van der Waals surface area (Å²) in [6.07, 6.45) is 8.37. The van der Waals surface area contributed by atoms with Gasteiger partial charge in [-0.3, -0.25) is 4.79 Å². The van der Waals surface area contributed by atoms with E-state index in [-0.39, 0.29) is 24.5 Å². The van der Waals surface area contributed by atoms with E-state index in [9.17, 15) is 4.79 Å². The van der Waals surface area contributed by atoms with Crippen molar-refractivity contribution in [1.29, 1.82) is 0 Å². The summed E-state index contributed by atoms with van der Waals surface area (Å²) < 4.78 is 0. The van der Waals surface area contributed by atoms with Gasteiger partial charge in [0.05, 0.1) is 0 Å². The molecule has 0 unspecified atom stereocenters. The smallest absolute Gasteiger partial charge is 0.220 e. The maximum Gasteiger partial charge on any atom is 0.220 e. The molecule has 0 saturated heterocycles. The minimum absolute atomic E-state index is 0.103. The Kier molecular flexibility index (Phi) is 6.00. The van der Waals surface area contributed by atoms with Gasteiger partial charge in [0.1, 0.15) is 0 Å². The SMILES string of the molecule is Cc1ccc(CCCCC(=O)N[C@@H]2C=C[C@H](CO)C2)cc1. The molecule has 0 aromatic heterocycles. The van der Waals surface area contributed by atoms with Crippen molar-refractivity contribution in [3.63, 3.8) is 0 Å². The molecule has 0 bridgehead atoms. The van der Waals surface area contributed by atoms with Crippen molar-refractivity contribution in [1.82, 2.24) is 5.32 Å². The number of hydrogen-bond donors (Lipinski definition) is 2. The normalized spacial score (nSPS) is 20.7. The lowest BCUT2D eigenvalue weighted by Crippen LogP contribution is -2.32. The highest BCUT2D eigenvalue weighted by Gasteiger charge is 2.19. The first-order valence-electron chi connectivity index (χ1n) is 7.81. The lowest BCUT2D eigenvalue weighted by atomic mass is 10.1. The van der Waals surface area contributed by atoms with Crippen LogP contribution in [0.5, 0.6) is 0 Å². The molecule has 1 amide bonds. The Hall–Kier alpha value is -1.61. The Bertz CT molecular complexity index is 478. The molecule has 21 heavy (non-hydrogen) atoms. The van der Waals surface area contributed by atoms with Crippen LogP contribution in [0, 0.1) is 12.8 Å². The maximum absolute atomic E-state index is 11.8. The van der Waals surface area contributed by atoms with Crippen molar-refractivity contribution < 1.29 is 9.90 Å². The molecular formula is C18H25NO2. The third-order valence-electron chi connectivity index (χ3n) is 3.99. The van der Waals surface area contributed by atoms with Crippen LogP contribution in [0.25, 0.3) is 0 Å². The third-order valence-corrected chi connectivity index (χ3v) is 3.99. The van der Waals surface area contributed by atoms with Crippen LogP contribution >= 0.6 is 0 Å². The van der Waals surface area contributed by atoms with Gasteiger partial charge in [-0.05, 0) is 38.2 Å². The van der Waals surface area contributed by atoms with Crippen molar-refractivity contribution >= 4 is 5.91 Å². The molecule has 1 aromatic rings. The second-order valence-electron chi connectivity index (χ2n) is 5.93. The molecule has 2 atom stereocenters. The van der Waals surface area contributed by atoms with E-state index in [2.05, 4.69) is 36.5 Å². The van der Waals surface area contributed by atoms with Crippen molar-refractivity contribution in [2.75, 3.05) is 6.61 Å². The molecule has 0 heterocycles. The second kappa shape index (κ2) is 7.99. The lowest BCUT2D eigenvalue weighted by Gasteiger charge is -2.12. The number of carbonyl (C=O) groups excluding carboxylic acids is 1. The number of aryl methyl sites for hydroxylation is 2. The molecule has 0 fully saturated rings. The number of hydrogen-bond acceptors (Lipinski definition) is 2. The minimum Gasteiger partial charge on any atom is -0.396 e. The Morgan fingerprint density at radius 2 is 2.00 bits per heavy atom. The van der Waals surface area contributed by atoms with Crippen LogP contribution in [0.1, 0.15) is 36.8 Å². The topological polar surface area (TPSA) is 49.3 Å². The Morgan fingerprint density at radius 3 is 2.67 bits per heavy atom. The van der Waals surface area contributed by atoms with E-state index >= 15 is 0 Å². The fraction of sp³-hybridized carbons (Fsp3) is 0.500. The average Bonchev–Trinajstić information content (AvgIpc) is 2.93. The second-order valence-corrected chi connectivity index (χ2v) is 5.93. The van der Waals surface area contributed by atoms with Gasteiger partial charge < -0.3 is 10.4 Å². The summed E-state index contributed by atoms with van der Waals surface area (Å²) in [5.74, 6) is 0.323. The van der Waals surface area contributed by atoms with Gasteiger partial charge in [0.2, 0.25) is 5.91 Å². The van der Waals surface area contributed by atoms with E-state index in [1.165, 1.54) is 11.1 Å². The van der Waals surface area contributed by atoms with Gasteiger partial charge in [0.25, 0.3) is 0 Å². The number of nitrogens with one attached hydrogen (secondary N) is 1. The summed E-state index contributed by atoms with van der Waals surface area (Å²) in [6.45, 7) is 2.26. The molecule has 0 aliphatic heterocycles. The van der Waals surface area contributed by atoms with Gasteiger partial charge in [0, 0.05) is 25.0 Å². The Labute approximate surface area is 127 Å². The molecule has 3 heteroatoms. The van der Waals surface area contributed by atoms with Gasteiger partial charge in [-0.25, -0.2) is 0 Å². The first-order chi connectivity index (χ1) is 10.2. The van der Waals surface area contributed by atoms with E-state index in [1.54, 1.807) is 0 Å². The quantitative estimate of drug-likeness (QED) is 0.598. The molecular weight excluding hydrogens is 262 g/mol. The van der Waals surface area contributed by atoms with Crippen LogP contribution in [0.3, 0.4) is 0 Å². The summed E-state index contributed by atoms with van der Waals surface area (Å²) in [6, 6.07) is 8.69. The van der Waals surface area contributed by atoms with E-state index in [1.807, 2.05) is 12.2 Å². The van der Waals surface area contributed by atoms with Gasteiger partial charge in [-0.2, -0.15) is 0 Å². The summed E-state index contributed by atoms with van der Waals surface area (Å²) >= 11 is 0. The number of amides is 1. The fourth-order valence-electron chi connectivity index (χ4n) is 2.67. The zero-order valence-electron chi connectivity index (χ0n) is 12.7. The molecule has 3 nitrogen and oxygen atoms in total. The van der Waals surface area contributed by atoms with Crippen LogP contribution in [0.15, 0.2) is 36.4 Å². The van der Waals surface area contributed by atoms with E-state index < -0.39 is 0 Å². The van der Waals surface area contributed by atoms with Crippen LogP contribution in [0.4, 0.5) is 0 Å². The van der Waals surface area contributed by atoms with Gasteiger partial charge in [0.15, 0.2) is 0 Å². The molecule has 1 aliphatic carbocycles. The Morgan fingerprint density at radius 1 is 1.24 bits per heavy atom. The van der Waals surface area contributed by atoms with Crippen LogP contribution in [0.2, 0.25) is 0 Å². The molecule has 1 aromatic carbocycles. The van der Waals surface area contributed by atoms with Gasteiger partial charge >= 0.3 is 0 Å². The van der Waals surface area contributed by atoms with Gasteiger partial charge in [-0.1, -0.05) is 42.0 Å². The number of aliphatic hydroxyl groups excluding tert-OH is 1. The van der Waals surface area contributed by atoms with Crippen molar-refractivity contribution in [2.45, 2.75) is 45.1 Å². The number of benzene rings is 1. The van der Waals surface area contributed by atoms with E-state index in [0.717, 1.165) is 25.7 Å². The third kappa shape index (κ3) is 5.35. The molecule has 0 radical (unpaired) electrons. The number of carbonyl (C=O) groups is 1. The highest BCUT2D eigenvalue weighted by atomic mass is 16.3. The van der Waals surface area contributed by atoms with E-state index in [0.29, 0.717) is 6.42 Å². The van der Waals surface area contributed by atoms with Gasteiger partial charge in [-0.15, -0.1) is 0 Å². The Balaban J connectivity index is 1.59. The summed E-state index contributed by atoms with van der Waals surface area (Å²) in [5, 5.41) is 12.1. The zero-order chi connectivity index (χ0) is 15.1. The van der Waals surface area contributed by atoms with Crippen LogP contribution < -0.4 is 5.32 Å². The number of unbranched alkanes of at least 4 members (excludes halogenated alkanes) is 1. The molecule has 2 N–H and O–H groups in total. The monoisotopic (exact) mass is 287 g/mol. The van der Waals surface area contributed by atoms with Crippen molar-refractivity contribution in [3.05, 3.63) is 47.5 Å². The standard InChI is InChI=1S/C18H25NO2/c1-14-6-8-15(9-7-14)4-2-3-5-18(21)19-17-11-10-16(12-17)13-20/h6-11,16-17,20H,2-5,12-13H2,1H3,(H,19,21)/t16-,17+/m0/s1. The fourth-order valence-corrected chi connectivity index (χ4v) is 2.67. The maximum atomic E-state index is 11.8. The highest BCUT2D eigenvalue weighted by Crippen LogP contribution is 2.17. The predicted molar refractivity (Wildman–Crippen MR) is 85.0 cm³/mol. The summed E-state index contributed by atoms with van der Waals surface area (Å²) in [4.78, 5) is 11.8. The largest absolute Gasteiger partial charge is 0.396 e. The predicted octanol–water partition coefficient (Wildman–Crippen LogP) is 2.76. The molecule has 0 saturated carbocycles. The van der Waals surface area contributed by atoms with E-state index in [4.69, 9.17) is 5.11 Å². The molecule has 0 spiro atoms. The molecule has 2 rings (SSSR count). The van der Waals surface area contributed by atoms with Crippen molar-refractivity contribution in [3.8, 4) is 0 Å². The molecule has 114 valence electrons.